The van der Waals surface area contributed by atoms with Crippen molar-refractivity contribution < 1.29 is 42.3 Å². The largest absolute Gasteiger partial charge is 0.497 e. The minimum Gasteiger partial charge on any atom is -0.497 e. The topological polar surface area (TPSA) is 75.6 Å². The minimum absolute atomic E-state index is 0.0205. The molecule has 2 saturated heterocycles. The Morgan fingerprint density at radius 2 is 1.48 bits per heavy atom. The van der Waals surface area contributed by atoms with Crippen LogP contribution in [0.25, 0.3) is 0 Å². The Bertz CT molecular complexity index is 912. The predicted octanol–water partition coefficient (Wildman–Crippen LogP) is 3.43. The van der Waals surface area contributed by atoms with Gasteiger partial charge < -0.3 is 33.5 Å². The summed E-state index contributed by atoms with van der Waals surface area (Å²) in [5, 5.41) is 10.6. The Labute approximate surface area is 177 Å². The van der Waals surface area contributed by atoms with Crippen molar-refractivity contribution in [2.24, 2.45) is 0 Å². The smallest absolute Gasteiger partial charge is 0.275 e. The molecule has 9 heteroatoms. The van der Waals surface area contributed by atoms with Gasteiger partial charge in [-0.15, -0.1) is 0 Å². The van der Waals surface area contributed by atoms with Gasteiger partial charge in [0, 0.05) is 5.56 Å². The van der Waals surface area contributed by atoms with E-state index in [1.165, 1.54) is 7.11 Å². The molecule has 0 aromatic heterocycles. The van der Waals surface area contributed by atoms with E-state index in [0.717, 1.165) is 0 Å². The second-order valence-electron chi connectivity index (χ2n) is 6.99. The summed E-state index contributed by atoms with van der Waals surface area (Å²) in [6, 6.07) is 13.3. The van der Waals surface area contributed by atoms with E-state index in [9.17, 15) is 13.9 Å². The molecule has 2 fully saturated rings. The van der Waals surface area contributed by atoms with E-state index in [4.69, 9.17) is 28.4 Å². The molecule has 7 nitrogen and oxygen atoms in total. The first-order valence-corrected chi connectivity index (χ1v) is 9.60. The van der Waals surface area contributed by atoms with E-state index in [1.54, 1.807) is 55.6 Å². The average Bonchev–Trinajstić information content (AvgIpc) is 2.79. The van der Waals surface area contributed by atoms with Crippen molar-refractivity contribution in [2.75, 3.05) is 20.8 Å². The highest BCUT2D eigenvalue weighted by Gasteiger charge is 2.49. The summed E-state index contributed by atoms with van der Waals surface area (Å²) in [6.45, 7) is -0.0205. The summed E-state index contributed by atoms with van der Waals surface area (Å²) >= 11 is 0. The van der Waals surface area contributed by atoms with Gasteiger partial charge in [-0.2, -0.15) is 8.78 Å². The van der Waals surface area contributed by atoms with Crippen LogP contribution in [0.5, 0.6) is 17.2 Å². The van der Waals surface area contributed by atoms with Crippen LogP contribution in [-0.2, 0) is 14.2 Å². The molecule has 0 aliphatic carbocycles. The summed E-state index contributed by atoms with van der Waals surface area (Å²) in [4.78, 5) is 0. The summed E-state index contributed by atoms with van der Waals surface area (Å²) in [5.41, 5.74) is 0.0561. The van der Waals surface area contributed by atoms with E-state index < -0.39 is 42.5 Å². The summed E-state index contributed by atoms with van der Waals surface area (Å²) in [5.74, 6) is 1.57. The Morgan fingerprint density at radius 1 is 0.903 bits per heavy atom. The van der Waals surface area contributed by atoms with Crippen molar-refractivity contribution >= 4 is 0 Å². The first-order chi connectivity index (χ1) is 15.0. The molecule has 166 valence electrons. The molecule has 0 bridgehead atoms. The van der Waals surface area contributed by atoms with Crippen LogP contribution in [0.4, 0.5) is 8.78 Å². The molecular weight excluding hydrogens is 414 g/mol. The maximum Gasteiger partial charge on any atom is 0.275 e. The molecule has 0 radical (unpaired) electrons. The van der Waals surface area contributed by atoms with Crippen LogP contribution in [-0.4, -0.2) is 50.5 Å². The molecule has 2 aromatic rings. The summed E-state index contributed by atoms with van der Waals surface area (Å²) in [7, 11) is 3.06. The zero-order chi connectivity index (χ0) is 22.0. The molecule has 5 atom stereocenters. The fourth-order valence-electron chi connectivity index (χ4n) is 3.51. The van der Waals surface area contributed by atoms with Gasteiger partial charge in [0.05, 0.1) is 26.4 Å². The number of aliphatic hydroxyl groups is 1. The maximum absolute atomic E-state index is 13.8. The highest BCUT2D eigenvalue weighted by molar-refractivity contribution is 5.32. The number of ether oxygens (including phenoxy) is 6. The molecule has 31 heavy (non-hydrogen) atoms. The molecule has 4 rings (SSSR count). The second-order valence-corrected chi connectivity index (χ2v) is 6.99. The third kappa shape index (κ3) is 4.49. The first kappa shape index (κ1) is 21.5. The van der Waals surface area contributed by atoms with E-state index >= 15 is 0 Å². The minimum atomic E-state index is -2.04. The van der Waals surface area contributed by atoms with Crippen molar-refractivity contribution in [1.29, 1.82) is 0 Å². The number of hydrogen-bond donors (Lipinski definition) is 1. The van der Waals surface area contributed by atoms with Crippen LogP contribution in [0.2, 0.25) is 0 Å². The number of methoxy groups -OCH3 is 2. The fourth-order valence-corrected chi connectivity index (χ4v) is 3.51. The van der Waals surface area contributed by atoms with Gasteiger partial charge in [-0.3, -0.25) is 0 Å². The van der Waals surface area contributed by atoms with Crippen LogP contribution in [0.15, 0.2) is 60.2 Å². The Morgan fingerprint density at radius 3 is 2.06 bits per heavy atom. The molecular formula is C22H22F2O7. The van der Waals surface area contributed by atoms with Gasteiger partial charge in [-0.05, 0) is 36.4 Å². The lowest BCUT2D eigenvalue weighted by Gasteiger charge is -2.44. The van der Waals surface area contributed by atoms with Crippen molar-refractivity contribution in [3.8, 4) is 17.2 Å². The Hall–Kier alpha value is -2.72. The zero-order valence-corrected chi connectivity index (χ0v) is 16.9. The number of hydrogen-bond acceptors (Lipinski definition) is 7. The van der Waals surface area contributed by atoms with Crippen LogP contribution in [0.1, 0.15) is 11.9 Å². The monoisotopic (exact) mass is 436 g/mol. The van der Waals surface area contributed by atoms with Crippen LogP contribution in [0, 0.1) is 0 Å². The van der Waals surface area contributed by atoms with Gasteiger partial charge in [0.2, 0.25) is 6.29 Å². The van der Waals surface area contributed by atoms with Crippen LogP contribution < -0.4 is 14.2 Å². The van der Waals surface area contributed by atoms with Crippen molar-refractivity contribution in [2.45, 2.75) is 30.9 Å². The van der Waals surface area contributed by atoms with Gasteiger partial charge in [-0.1, -0.05) is 12.1 Å². The predicted molar refractivity (Wildman–Crippen MR) is 104 cm³/mol. The standard InChI is InChI=1S/C22H22F2O7/c1-26-13-5-3-12(4-6-13)21-28-11-16-19(31-21)17(20(23)24)18(25)22(30-16)29-15-9-7-14(27-2)8-10-15/h3-10,16,18-19,21-22,25H,11H2,1-2H3/t16-,18-,19+,21+,22-/m1/s1. The molecule has 2 aromatic carbocycles. The van der Waals surface area contributed by atoms with E-state index in [1.807, 2.05) is 0 Å². The third-order valence-electron chi connectivity index (χ3n) is 5.13. The lowest BCUT2D eigenvalue weighted by Crippen LogP contribution is -2.56. The third-order valence-corrected chi connectivity index (χ3v) is 5.13. The lowest BCUT2D eigenvalue weighted by molar-refractivity contribution is -0.306. The summed E-state index contributed by atoms with van der Waals surface area (Å²) in [6.07, 6.45) is -8.06. The number of halogens is 2. The second kappa shape index (κ2) is 9.19. The number of fused-ring (bicyclic) bond motifs is 1. The molecule has 2 aliphatic rings. The quantitative estimate of drug-likeness (QED) is 0.770. The lowest BCUT2D eigenvalue weighted by atomic mass is 9.95. The number of benzene rings is 2. The van der Waals surface area contributed by atoms with Gasteiger partial charge >= 0.3 is 0 Å². The average molecular weight is 436 g/mol. The van der Waals surface area contributed by atoms with Crippen molar-refractivity contribution in [3.63, 3.8) is 0 Å². The Balaban J connectivity index is 1.52. The van der Waals surface area contributed by atoms with Gasteiger partial charge in [0.1, 0.15) is 35.6 Å². The molecule has 0 saturated carbocycles. The molecule has 0 spiro atoms. The normalized spacial score (nSPS) is 27.9. The highest BCUT2D eigenvalue weighted by Crippen LogP contribution is 2.39. The SMILES string of the molecule is COc1ccc(O[C@@H]2O[C@@H]3CO[C@H](c4ccc(OC)cc4)O[C@@H]3C(=C(F)F)[C@H]2O)cc1. The molecule has 0 amide bonds. The molecule has 0 unspecified atom stereocenters. The van der Waals surface area contributed by atoms with Crippen molar-refractivity contribution in [3.05, 3.63) is 65.7 Å². The number of aliphatic hydroxyl groups excluding tert-OH is 1. The fraction of sp³-hybridized carbons (Fsp3) is 0.364. The van der Waals surface area contributed by atoms with E-state index in [0.29, 0.717) is 22.8 Å². The number of rotatable bonds is 5. The van der Waals surface area contributed by atoms with Gasteiger partial charge in [-0.25, -0.2) is 0 Å². The summed E-state index contributed by atoms with van der Waals surface area (Å²) < 4.78 is 60.7. The van der Waals surface area contributed by atoms with Gasteiger partial charge in [0.25, 0.3) is 6.08 Å². The van der Waals surface area contributed by atoms with Gasteiger partial charge in [0.15, 0.2) is 6.29 Å². The maximum atomic E-state index is 13.8. The zero-order valence-electron chi connectivity index (χ0n) is 16.9. The van der Waals surface area contributed by atoms with Crippen LogP contribution >= 0.6 is 0 Å². The van der Waals surface area contributed by atoms with Crippen LogP contribution in [0.3, 0.4) is 0 Å². The Kier molecular flexibility index (Phi) is 6.38. The molecule has 2 heterocycles. The van der Waals surface area contributed by atoms with E-state index in [-0.39, 0.29) is 6.61 Å². The first-order valence-electron chi connectivity index (χ1n) is 9.60. The van der Waals surface area contributed by atoms with Crippen molar-refractivity contribution in [1.82, 2.24) is 0 Å². The highest BCUT2D eigenvalue weighted by atomic mass is 19.3. The molecule has 1 N–H and O–H groups in total. The molecule has 2 aliphatic heterocycles. The van der Waals surface area contributed by atoms with E-state index in [2.05, 4.69) is 0 Å².